The van der Waals surface area contributed by atoms with Crippen molar-refractivity contribution in [1.29, 1.82) is 0 Å². The van der Waals surface area contributed by atoms with Gasteiger partial charge >= 0.3 is 261 Å². The van der Waals surface area contributed by atoms with E-state index in [2.05, 4.69) is 200 Å². The van der Waals surface area contributed by atoms with Gasteiger partial charge in [-0.1, -0.05) is 0 Å². The molecule has 0 nitrogen and oxygen atoms in total. The second kappa shape index (κ2) is 13.6. The molecule has 0 aromatic heterocycles. The molecule has 0 fully saturated rings. The third-order valence-electron chi connectivity index (χ3n) is 7.40. The van der Waals surface area contributed by atoms with Crippen LogP contribution in [0.1, 0.15) is 0 Å². The normalized spacial score (nSPS) is 11.7. The first kappa shape index (κ1) is 28.6. The molecule has 6 rings (SSSR count). The molecule has 0 heterocycles. The number of hydrogen-bond acceptors (Lipinski definition) is 3. The molecular formula is C36H30Ge2S3. The molecule has 0 N–H and O–H groups in total. The molecular weight excluding hydrogens is 674 g/mol. The molecule has 0 saturated carbocycles. The average molecular weight is 704 g/mol. The van der Waals surface area contributed by atoms with E-state index in [-0.39, 0.29) is 0 Å². The molecule has 0 aliphatic rings. The molecule has 0 saturated heterocycles. The van der Waals surface area contributed by atoms with Gasteiger partial charge in [-0.25, -0.2) is 0 Å². The fourth-order valence-electron chi connectivity index (χ4n) is 5.44. The zero-order valence-corrected chi connectivity index (χ0v) is 29.2. The summed E-state index contributed by atoms with van der Waals surface area (Å²) >= 11 is -6.32. The molecule has 0 bridgehead atoms. The van der Waals surface area contributed by atoms with Gasteiger partial charge in [0.2, 0.25) is 0 Å². The molecule has 0 radical (unpaired) electrons. The third kappa shape index (κ3) is 5.88. The summed E-state index contributed by atoms with van der Waals surface area (Å²) in [6.45, 7) is 0. The van der Waals surface area contributed by atoms with E-state index in [0.29, 0.717) is 0 Å². The van der Waals surface area contributed by atoms with E-state index in [9.17, 15) is 0 Å². The second-order valence-corrected chi connectivity index (χ2v) is 38.5. The van der Waals surface area contributed by atoms with Crippen LogP contribution in [0.3, 0.4) is 0 Å². The quantitative estimate of drug-likeness (QED) is 0.121. The Morgan fingerprint density at radius 3 is 0.585 bits per heavy atom. The van der Waals surface area contributed by atoms with Crippen molar-refractivity contribution < 1.29 is 0 Å². The van der Waals surface area contributed by atoms with Crippen LogP contribution in [0.15, 0.2) is 182 Å². The molecule has 0 atom stereocenters. The van der Waals surface area contributed by atoms with Gasteiger partial charge in [0.15, 0.2) is 0 Å². The topological polar surface area (TPSA) is 0 Å². The van der Waals surface area contributed by atoms with Crippen LogP contribution < -0.4 is 26.4 Å². The number of rotatable bonds is 10. The van der Waals surface area contributed by atoms with Crippen LogP contribution in [0.25, 0.3) is 0 Å². The van der Waals surface area contributed by atoms with Crippen molar-refractivity contribution in [2.45, 2.75) is 0 Å². The maximum absolute atomic E-state index is 3.16. The van der Waals surface area contributed by atoms with Crippen molar-refractivity contribution in [3.05, 3.63) is 182 Å². The Morgan fingerprint density at radius 1 is 0.244 bits per heavy atom. The predicted octanol–water partition coefficient (Wildman–Crippen LogP) is 6.35. The van der Waals surface area contributed by atoms with Gasteiger partial charge in [-0.3, -0.25) is 0 Å². The van der Waals surface area contributed by atoms with Gasteiger partial charge < -0.3 is 0 Å². The van der Waals surface area contributed by atoms with E-state index in [4.69, 9.17) is 0 Å². The monoisotopic (exact) mass is 706 g/mol. The Bertz CT molecular complexity index is 1310. The Labute approximate surface area is 258 Å². The van der Waals surface area contributed by atoms with Crippen LogP contribution >= 0.6 is 28.1 Å². The Morgan fingerprint density at radius 2 is 0.415 bits per heavy atom. The summed E-state index contributed by atoms with van der Waals surface area (Å²) in [5.74, 6) is 0. The average Bonchev–Trinajstić information content (AvgIpc) is 3.08. The van der Waals surface area contributed by atoms with Crippen molar-refractivity contribution in [3.63, 3.8) is 0 Å². The van der Waals surface area contributed by atoms with E-state index < -0.39 is 24.2 Å². The predicted molar refractivity (Wildman–Crippen MR) is 191 cm³/mol. The molecule has 0 aliphatic heterocycles. The van der Waals surface area contributed by atoms with Crippen molar-refractivity contribution in [2.75, 3.05) is 0 Å². The third-order valence-corrected chi connectivity index (χ3v) is 50.1. The number of benzene rings is 6. The SMILES string of the molecule is c1cc[c]([Ge]([S]S[S][Ge]([c]2ccccc2)([c]2ccccc2)[c]2ccccc2)([c]2ccccc2)[c]2ccccc2)cc1. The zero-order valence-electron chi connectivity index (χ0n) is 22.5. The molecule has 6 aromatic carbocycles. The Kier molecular flexibility index (Phi) is 9.49. The fraction of sp³-hybridized carbons (Fsp3) is 0. The van der Waals surface area contributed by atoms with Crippen LogP contribution in [0.5, 0.6) is 0 Å². The van der Waals surface area contributed by atoms with Gasteiger partial charge in [0.25, 0.3) is 0 Å². The summed E-state index contributed by atoms with van der Waals surface area (Å²) < 4.78 is 8.83. The van der Waals surface area contributed by atoms with Crippen LogP contribution in [-0.2, 0) is 0 Å². The van der Waals surface area contributed by atoms with Gasteiger partial charge in [0, 0.05) is 0 Å². The zero-order chi connectivity index (χ0) is 27.8. The summed E-state index contributed by atoms with van der Waals surface area (Å²) in [5, 5.41) is 0. The number of hydrogen-bond donors (Lipinski definition) is 0. The van der Waals surface area contributed by atoms with Gasteiger partial charge in [-0.05, 0) is 0 Å². The van der Waals surface area contributed by atoms with Crippen molar-refractivity contribution >= 4 is 78.7 Å². The second-order valence-electron chi connectivity index (χ2n) is 9.79. The van der Waals surface area contributed by atoms with E-state index >= 15 is 0 Å². The molecule has 0 unspecified atom stereocenters. The summed E-state index contributed by atoms with van der Waals surface area (Å²) in [5.41, 5.74) is 0. The van der Waals surface area contributed by atoms with Crippen molar-refractivity contribution in [2.24, 2.45) is 0 Å². The first-order valence-corrected chi connectivity index (χ1v) is 28.6. The molecule has 0 spiro atoms. The summed E-state index contributed by atoms with van der Waals surface area (Å²) in [4.78, 5) is 0. The summed E-state index contributed by atoms with van der Waals surface area (Å²) in [7, 11) is 6.34. The van der Waals surface area contributed by atoms with Gasteiger partial charge in [-0.2, -0.15) is 0 Å². The van der Waals surface area contributed by atoms with Crippen LogP contribution in [0.4, 0.5) is 0 Å². The summed E-state index contributed by atoms with van der Waals surface area (Å²) in [6, 6.07) is 67.6. The standard InChI is InChI=1S/C36H30Ge2S3/c1-7-19-31(20-8-1)37(32-21-9-2-10-22-32,33-23-11-3-12-24-33)39-41-40-38(34-25-13-4-14-26-34,35-27-15-5-16-28-35)36-29-17-6-18-30-36/h1-30H. The minimum atomic E-state index is -3.16. The molecule has 0 aliphatic carbocycles. The molecule has 5 heteroatoms. The summed E-state index contributed by atoms with van der Waals surface area (Å²) in [6.07, 6.45) is 0. The van der Waals surface area contributed by atoms with Gasteiger partial charge in [0.05, 0.1) is 0 Å². The van der Waals surface area contributed by atoms with E-state index in [1.807, 2.05) is 9.83 Å². The molecule has 6 aromatic rings. The van der Waals surface area contributed by atoms with Crippen LogP contribution in [0.2, 0.25) is 0 Å². The first-order valence-electron chi connectivity index (χ1n) is 13.7. The van der Waals surface area contributed by atoms with E-state index in [1.165, 1.54) is 26.4 Å². The van der Waals surface area contributed by atoms with E-state index in [0.717, 1.165) is 0 Å². The van der Waals surface area contributed by atoms with E-state index in [1.54, 1.807) is 0 Å². The Hall–Kier alpha value is -2.54. The molecule has 0 amide bonds. The first-order chi connectivity index (χ1) is 20.3. The van der Waals surface area contributed by atoms with Gasteiger partial charge in [0.1, 0.15) is 0 Å². The van der Waals surface area contributed by atoms with Crippen LogP contribution in [0, 0.1) is 0 Å². The minimum absolute atomic E-state index is 1.47. The van der Waals surface area contributed by atoms with Gasteiger partial charge in [-0.15, -0.1) is 0 Å². The molecule has 41 heavy (non-hydrogen) atoms. The fourth-order valence-corrected chi connectivity index (χ4v) is 62.0. The van der Waals surface area contributed by atoms with Crippen molar-refractivity contribution in [3.8, 4) is 0 Å². The maximum atomic E-state index is 2.36. The van der Waals surface area contributed by atoms with Crippen molar-refractivity contribution in [1.82, 2.24) is 0 Å². The Balaban J connectivity index is 1.50. The molecule has 200 valence electrons. The van der Waals surface area contributed by atoms with Crippen LogP contribution in [-0.4, -0.2) is 24.2 Å².